The molecule has 7 nitrogen and oxygen atoms in total. The van der Waals surface area contributed by atoms with E-state index in [-0.39, 0.29) is 18.1 Å². The highest BCUT2D eigenvalue weighted by molar-refractivity contribution is 6.30. The number of alkyl halides is 2. The van der Waals surface area contributed by atoms with E-state index in [1.807, 2.05) is 24.3 Å². The molecule has 2 aliphatic heterocycles. The van der Waals surface area contributed by atoms with Crippen molar-refractivity contribution in [2.24, 2.45) is 5.92 Å². The number of rotatable bonds is 5. The number of fused-ring (bicyclic) bond motifs is 1. The van der Waals surface area contributed by atoms with Gasteiger partial charge in [0.25, 0.3) is 12.3 Å². The topological polar surface area (TPSA) is 65.8 Å². The molecule has 2 unspecified atom stereocenters. The summed E-state index contributed by atoms with van der Waals surface area (Å²) in [6.07, 6.45) is 1.08. The molecule has 1 aliphatic carbocycles. The minimum absolute atomic E-state index is 0.0772. The molecule has 1 fully saturated rings. The Morgan fingerprint density at radius 2 is 1.86 bits per heavy atom. The first-order valence-corrected chi connectivity index (χ1v) is 12.2. The third-order valence-electron chi connectivity index (χ3n) is 7.06. The van der Waals surface area contributed by atoms with Gasteiger partial charge >= 0.3 is 0 Å². The standard InChI is InChI=1S/C25H25ClF2N6O/c1-12(2)33-20-18(29-23(33)15-4-5-15)25(35)34(19(20)14-6-8-16(26)9-7-14)17-10-13(3)22-30-31-24(21(27)28)32(22)11-17/h6-12,15,19,21,23,29H,4-5H2,1-3H3. The molecule has 1 aromatic carbocycles. The molecule has 0 bridgehead atoms. The number of benzene rings is 1. The minimum Gasteiger partial charge on any atom is -0.359 e. The second kappa shape index (κ2) is 7.91. The number of halogens is 3. The molecule has 1 N–H and O–H groups in total. The summed E-state index contributed by atoms with van der Waals surface area (Å²) in [5.74, 6) is -0.130. The first-order chi connectivity index (χ1) is 16.8. The van der Waals surface area contributed by atoms with Crippen molar-refractivity contribution in [1.29, 1.82) is 0 Å². The predicted octanol–water partition coefficient (Wildman–Crippen LogP) is 4.98. The lowest BCUT2D eigenvalue weighted by atomic mass is 10.0. The van der Waals surface area contributed by atoms with Crippen LogP contribution in [0.25, 0.3) is 5.65 Å². The van der Waals surface area contributed by atoms with Crippen molar-refractivity contribution in [2.45, 2.75) is 58.3 Å². The first-order valence-electron chi connectivity index (χ1n) is 11.8. The van der Waals surface area contributed by atoms with E-state index in [1.165, 1.54) is 10.6 Å². The highest BCUT2D eigenvalue weighted by Crippen LogP contribution is 2.49. The number of anilines is 1. The third kappa shape index (κ3) is 3.39. The van der Waals surface area contributed by atoms with Crippen molar-refractivity contribution in [1.82, 2.24) is 24.8 Å². The zero-order chi connectivity index (χ0) is 24.6. The Labute approximate surface area is 206 Å². The van der Waals surface area contributed by atoms with E-state index < -0.39 is 18.3 Å². The number of pyridine rings is 1. The Morgan fingerprint density at radius 3 is 2.49 bits per heavy atom. The van der Waals surface area contributed by atoms with Crippen molar-refractivity contribution in [3.8, 4) is 0 Å². The maximum Gasteiger partial charge on any atom is 0.297 e. The zero-order valence-corrected chi connectivity index (χ0v) is 20.3. The number of aryl methyl sites for hydroxylation is 1. The van der Waals surface area contributed by atoms with E-state index in [0.717, 1.165) is 24.1 Å². The molecule has 182 valence electrons. The van der Waals surface area contributed by atoms with Gasteiger partial charge in [0, 0.05) is 17.3 Å². The highest BCUT2D eigenvalue weighted by atomic mass is 35.5. The van der Waals surface area contributed by atoms with Crippen molar-refractivity contribution < 1.29 is 13.6 Å². The van der Waals surface area contributed by atoms with Gasteiger partial charge in [-0.2, -0.15) is 0 Å². The number of carbonyl (C=O) groups excluding carboxylic acids is 1. The van der Waals surface area contributed by atoms with Crippen LogP contribution in [-0.2, 0) is 4.79 Å². The monoisotopic (exact) mass is 498 g/mol. The van der Waals surface area contributed by atoms with Crippen LogP contribution >= 0.6 is 11.6 Å². The summed E-state index contributed by atoms with van der Waals surface area (Å²) < 4.78 is 28.6. The molecule has 3 aliphatic rings. The van der Waals surface area contributed by atoms with Crippen molar-refractivity contribution in [3.05, 3.63) is 69.9 Å². The van der Waals surface area contributed by atoms with Crippen molar-refractivity contribution in [3.63, 3.8) is 0 Å². The summed E-state index contributed by atoms with van der Waals surface area (Å²) in [5, 5.41) is 11.7. The molecule has 0 spiro atoms. The zero-order valence-electron chi connectivity index (χ0n) is 19.5. The summed E-state index contributed by atoms with van der Waals surface area (Å²) in [7, 11) is 0. The largest absolute Gasteiger partial charge is 0.359 e. The normalized spacial score (nSPS) is 22.2. The van der Waals surface area contributed by atoms with E-state index in [4.69, 9.17) is 11.6 Å². The Hall–Kier alpha value is -3.20. The number of hydrogen-bond donors (Lipinski definition) is 1. The highest BCUT2D eigenvalue weighted by Gasteiger charge is 2.53. The lowest BCUT2D eigenvalue weighted by molar-refractivity contribution is -0.115. The summed E-state index contributed by atoms with van der Waals surface area (Å²) in [5.41, 5.74) is 3.89. The van der Waals surface area contributed by atoms with Gasteiger partial charge in [-0.3, -0.25) is 14.1 Å². The SMILES string of the molecule is Cc1cc(N2C(=O)C3=C(C2c2ccc(Cl)cc2)N(C(C)C)C(C2CC2)N3)cn2c(C(F)F)nnc12. The molecule has 1 saturated carbocycles. The van der Waals surface area contributed by atoms with Crippen LogP contribution in [0.15, 0.2) is 47.9 Å². The molecular formula is C25H25ClF2N6O. The second-order valence-corrected chi connectivity index (χ2v) is 10.2. The van der Waals surface area contributed by atoms with E-state index in [9.17, 15) is 13.6 Å². The summed E-state index contributed by atoms with van der Waals surface area (Å²) in [6.45, 7) is 6.03. The number of carbonyl (C=O) groups is 1. The number of amides is 1. The minimum atomic E-state index is -2.79. The van der Waals surface area contributed by atoms with Crippen LogP contribution in [-0.4, -0.2) is 37.6 Å². The van der Waals surface area contributed by atoms with Gasteiger partial charge in [-0.25, -0.2) is 8.78 Å². The van der Waals surface area contributed by atoms with Crippen LogP contribution in [0.1, 0.15) is 56.1 Å². The van der Waals surface area contributed by atoms with Crippen molar-refractivity contribution >= 4 is 28.8 Å². The predicted molar refractivity (Wildman–Crippen MR) is 128 cm³/mol. The molecule has 2 atom stereocenters. The van der Waals surface area contributed by atoms with E-state index in [0.29, 0.717) is 33.5 Å². The van der Waals surface area contributed by atoms with Crippen LogP contribution in [0.3, 0.4) is 0 Å². The van der Waals surface area contributed by atoms with Crippen LogP contribution in [0.4, 0.5) is 14.5 Å². The molecule has 3 aromatic rings. The molecule has 0 radical (unpaired) electrons. The number of nitrogens with one attached hydrogen (secondary N) is 1. The number of nitrogens with zero attached hydrogens (tertiary/aromatic N) is 5. The van der Waals surface area contributed by atoms with E-state index >= 15 is 0 Å². The lowest BCUT2D eigenvalue weighted by Crippen LogP contribution is -2.48. The number of aromatic nitrogens is 3. The van der Waals surface area contributed by atoms with Crippen molar-refractivity contribution in [2.75, 3.05) is 4.90 Å². The quantitative estimate of drug-likeness (QED) is 0.537. The molecule has 1 amide bonds. The fourth-order valence-corrected chi connectivity index (χ4v) is 5.52. The second-order valence-electron chi connectivity index (χ2n) is 9.75. The summed E-state index contributed by atoms with van der Waals surface area (Å²) >= 11 is 6.18. The molecule has 6 rings (SSSR count). The van der Waals surface area contributed by atoms with Crippen LogP contribution in [0.5, 0.6) is 0 Å². The Balaban J connectivity index is 1.52. The van der Waals surface area contributed by atoms with Gasteiger partial charge in [0.15, 0.2) is 5.65 Å². The average molecular weight is 499 g/mol. The van der Waals surface area contributed by atoms with Gasteiger partial charge in [-0.1, -0.05) is 23.7 Å². The number of hydrogen-bond acceptors (Lipinski definition) is 5. The fraction of sp³-hybridized carbons (Fsp3) is 0.400. The van der Waals surface area contributed by atoms with Crippen LogP contribution < -0.4 is 10.2 Å². The lowest BCUT2D eigenvalue weighted by Gasteiger charge is -2.39. The van der Waals surface area contributed by atoms with Gasteiger partial charge in [0.2, 0.25) is 5.82 Å². The Kier molecular flexibility index (Phi) is 5.03. The van der Waals surface area contributed by atoms with E-state index in [1.54, 1.807) is 17.9 Å². The third-order valence-corrected chi connectivity index (χ3v) is 7.31. The van der Waals surface area contributed by atoms with Crippen LogP contribution in [0.2, 0.25) is 5.02 Å². The van der Waals surface area contributed by atoms with Gasteiger partial charge < -0.3 is 10.2 Å². The first kappa shape index (κ1) is 22.3. The fourth-order valence-electron chi connectivity index (χ4n) is 5.39. The Morgan fingerprint density at radius 1 is 1.14 bits per heavy atom. The molecular weight excluding hydrogens is 474 g/mol. The van der Waals surface area contributed by atoms with Gasteiger partial charge in [0.1, 0.15) is 17.9 Å². The average Bonchev–Trinajstić information content (AvgIpc) is 3.33. The van der Waals surface area contributed by atoms with E-state index in [2.05, 4.69) is 34.3 Å². The van der Waals surface area contributed by atoms with Gasteiger partial charge in [0.05, 0.1) is 11.4 Å². The van der Waals surface area contributed by atoms with Crippen LogP contribution in [0, 0.1) is 12.8 Å². The maximum atomic E-state index is 14.0. The summed E-state index contributed by atoms with van der Waals surface area (Å²) in [4.78, 5) is 18.0. The van der Waals surface area contributed by atoms with Gasteiger partial charge in [-0.05, 0) is 68.9 Å². The maximum absolute atomic E-state index is 14.0. The molecule has 35 heavy (non-hydrogen) atoms. The smallest absolute Gasteiger partial charge is 0.297 e. The van der Waals surface area contributed by atoms with Gasteiger partial charge in [-0.15, -0.1) is 10.2 Å². The molecule has 0 saturated heterocycles. The molecule has 2 aromatic heterocycles. The Bertz CT molecular complexity index is 1360. The molecule has 4 heterocycles. The summed E-state index contributed by atoms with van der Waals surface area (Å²) in [6, 6.07) is 8.98. The molecule has 10 heteroatoms.